The smallest absolute Gasteiger partial charge is 0.311 e. The van der Waals surface area contributed by atoms with Crippen molar-refractivity contribution in [3.8, 4) is 0 Å². The van der Waals surface area contributed by atoms with Gasteiger partial charge in [-0.05, 0) is 49.9 Å². The van der Waals surface area contributed by atoms with Crippen LogP contribution in [0.4, 0.5) is 5.69 Å². The second kappa shape index (κ2) is 5.24. The van der Waals surface area contributed by atoms with E-state index >= 15 is 0 Å². The molecule has 0 unspecified atom stereocenters. The predicted octanol–water partition coefficient (Wildman–Crippen LogP) is 3.38. The third-order valence-corrected chi connectivity index (χ3v) is 4.20. The summed E-state index contributed by atoms with van der Waals surface area (Å²) in [6, 6.07) is 6.38. The number of carboxylic acid groups (broad SMARTS) is 1. The summed E-state index contributed by atoms with van der Waals surface area (Å²) in [6.45, 7) is 4.75. The van der Waals surface area contributed by atoms with Crippen molar-refractivity contribution in [2.75, 3.05) is 18.5 Å². The maximum atomic E-state index is 11.6. The van der Waals surface area contributed by atoms with E-state index in [9.17, 15) is 9.90 Å². The van der Waals surface area contributed by atoms with Crippen molar-refractivity contribution in [3.05, 3.63) is 29.3 Å². The summed E-state index contributed by atoms with van der Waals surface area (Å²) in [5, 5.41) is 9.54. The van der Waals surface area contributed by atoms with E-state index in [0.717, 1.165) is 31.4 Å². The number of nitrogens with zero attached hydrogens (tertiary/aromatic N) is 1. The number of hydrogen-bond acceptors (Lipinski definition) is 2. The van der Waals surface area contributed by atoms with Crippen LogP contribution in [-0.4, -0.2) is 24.7 Å². The molecule has 1 aliphatic carbocycles. The Kier molecular flexibility index (Phi) is 3.83. The van der Waals surface area contributed by atoms with Gasteiger partial charge < -0.3 is 10.0 Å². The van der Waals surface area contributed by atoms with E-state index in [1.807, 2.05) is 7.05 Å². The molecule has 0 radical (unpaired) electrons. The third kappa shape index (κ3) is 2.91. The first-order valence-corrected chi connectivity index (χ1v) is 6.96. The molecule has 1 fully saturated rings. The summed E-state index contributed by atoms with van der Waals surface area (Å²) in [5.41, 5.74) is 3.01. The van der Waals surface area contributed by atoms with Crippen molar-refractivity contribution in [2.24, 2.45) is 5.41 Å². The minimum atomic E-state index is -0.638. The normalized spacial score (nSPS) is 17.4. The van der Waals surface area contributed by atoms with Gasteiger partial charge in [0.05, 0.1) is 5.41 Å². The first-order valence-electron chi connectivity index (χ1n) is 6.96. The van der Waals surface area contributed by atoms with Gasteiger partial charge in [-0.15, -0.1) is 0 Å². The van der Waals surface area contributed by atoms with Gasteiger partial charge in [0.1, 0.15) is 0 Å². The van der Waals surface area contributed by atoms with E-state index in [1.54, 1.807) is 0 Å². The summed E-state index contributed by atoms with van der Waals surface area (Å²) in [4.78, 5) is 13.7. The highest BCUT2D eigenvalue weighted by Gasteiger charge is 2.42. The maximum Gasteiger partial charge on any atom is 0.311 e. The minimum Gasteiger partial charge on any atom is -0.481 e. The largest absolute Gasteiger partial charge is 0.481 e. The summed E-state index contributed by atoms with van der Waals surface area (Å²) >= 11 is 0. The van der Waals surface area contributed by atoms with E-state index in [0.29, 0.717) is 6.54 Å². The number of anilines is 1. The fourth-order valence-corrected chi connectivity index (χ4v) is 3.21. The Morgan fingerprint density at radius 2 is 1.74 bits per heavy atom. The number of hydrogen-bond donors (Lipinski definition) is 1. The summed E-state index contributed by atoms with van der Waals surface area (Å²) in [6.07, 6.45) is 3.68. The number of aliphatic carboxylic acids is 1. The lowest BCUT2D eigenvalue weighted by Gasteiger charge is -2.31. The lowest BCUT2D eigenvalue weighted by molar-refractivity contribution is -0.148. The number of benzene rings is 1. The number of carboxylic acids is 1. The standard InChI is InChI=1S/C16H23NO2/c1-12-8-13(2)10-14(9-12)17(3)11-16(15(18)19)6-4-5-7-16/h8-10H,4-7,11H2,1-3H3,(H,18,19). The minimum absolute atomic E-state index is 0.549. The molecule has 0 saturated heterocycles. The highest BCUT2D eigenvalue weighted by atomic mass is 16.4. The zero-order chi connectivity index (χ0) is 14.0. The summed E-state index contributed by atoms with van der Waals surface area (Å²) in [7, 11) is 2.00. The number of rotatable bonds is 4. The molecule has 0 atom stereocenters. The van der Waals surface area contributed by atoms with Crippen LogP contribution in [-0.2, 0) is 4.79 Å². The second-order valence-corrected chi connectivity index (χ2v) is 5.99. The fraction of sp³-hybridized carbons (Fsp3) is 0.562. The molecular weight excluding hydrogens is 238 g/mol. The number of carbonyl (C=O) groups is 1. The molecule has 0 amide bonds. The van der Waals surface area contributed by atoms with E-state index in [4.69, 9.17) is 0 Å². The molecule has 3 nitrogen and oxygen atoms in total. The molecule has 0 aliphatic heterocycles. The Bertz CT molecular complexity index is 455. The molecule has 0 bridgehead atoms. The van der Waals surface area contributed by atoms with Crippen molar-refractivity contribution < 1.29 is 9.90 Å². The van der Waals surface area contributed by atoms with Crippen LogP contribution < -0.4 is 4.90 Å². The Balaban J connectivity index is 2.19. The van der Waals surface area contributed by atoms with Crippen LogP contribution in [0.15, 0.2) is 18.2 Å². The molecule has 3 heteroatoms. The van der Waals surface area contributed by atoms with Gasteiger partial charge in [0.2, 0.25) is 0 Å². The van der Waals surface area contributed by atoms with Gasteiger partial charge in [0, 0.05) is 19.3 Å². The van der Waals surface area contributed by atoms with Crippen LogP contribution >= 0.6 is 0 Å². The first-order chi connectivity index (χ1) is 8.93. The van der Waals surface area contributed by atoms with Crippen molar-refractivity contribution in [2.45, 2.75) is 39.5 Å². The van der Waals surface area contributed by atoms with Gasteiger partial charge in [0.25, 0.3) is 0 Å². The Morgan fingerprint density at radius 3 is 2.21 bits per heavy atom. The molecule has 0 spiro atoms. The Morgan fingerprint density at radius 1 is 1.21 bits per heavy atom. The lowest BCUT2D eigenvalue weighted by atomic mass is 9.85. The van der Waals surface area contributed by atoms with Gasteiger partial charge in [-0.2, -0.15) is 0 Å². The van der Waals surface area contributed by atoms with Crippen molar-refractivity contribution in [1.82, 2.24) is 0 Å². The molecule has 1 aliphatic rings. The van der Waals surface area contributed by atoms with Gasteiger partial charge in [-0.3, -0.25) is 4.79 Å². The van der Waals surface area contributed by atoms with Gasteiger partial charge >= 0.3 is 5.97 Å². The van der Waals surface area contributed by atoms with Crippen molar-refractivity contribution in [3.63, 3.8) is 0 Å². The zero-order valence-corrected chi connectivity index (χ0v) is 12.1. The molecule has 1 aromatic rings. The summed E-state index contributed by atoms with van der Waals surface area (Å²) in [5.74, 6) is -0.638. The van der Waals surface area contributed by atoms with Crippen molar-refractivity contribution in [1.29, 1.82) is 0 Å². The van der Waals surface area contributed by atoms with Crippen molar-refractivity contribution >= 4 is 11.7 Å². The highest BCUT2D eigenvalue weighted by Crippen LogP contribution is 2.39. The van der Waals surface area contributed by atoms with Crippen LogP contribution in [0, 0.1) is 19.3 Å². The highest BCUT2D eigenvalue weighted by molar-refractivity contribution is 5.76. The SMILES string of the molecule is Cc1cc(C)cc(N(C)CC2(C(=O)O)CCCC2)c1. The molecule has 104 valence electrons. The Hall–Kier alpha value is -1.51. The summed E-state index contributed by atoms with van der Waals surface area (Å²) < 4.78 is 0. The van der Waals surface area contributed by atoms with Gasteiger partial charge in [0.15, 0.2) is 0 Å². The average molecular weight is 261 g/mol. The van der Waals surface area contributed by atoms with Gasteiger partial charge in [-0.25, -0.2) is 0 Å². The van der Waals surface area contributed by atoms with E-state index in [2.05, 4.69) is 36.9 Å². The lowest BCUT2D eigenvalue weighted by Crippen LogP contribution is -2.40. The predicted molar refractivity (Wildman–Crippen MR) is 77.7 cm³/mol. The van der Waals surface area contributed by atoms with E-state index in [-0.39, 0.29) is 0 Å². The van der Waals surface area contributed by atoms with E-state index in [1.165, 1.54) is 11.1 Å². The van der Waals surface area contributed by atoms with Crippen LogP contribution in [0.1, 0.15) is 36.8 Å². The molecule has 1 aromatic carbocycles. The molecule has 0 aromatic heterocycles. The molecule has 2 rings (SSSR count). The first kappa shape index (κ1) is 13.9. The molecular formula is C16H23NO2. The Labute approximate surface area is 115 Å². The maximum absolute atomic E-state index is 11.6. The molecule has 19 heavy (non-hydrogen) atoms. The molecule has 1 saturated carbocycles. The second-order valence-electron chi connectivity index (χ2n) is 5.99. The van der Waals surface area contributed by atoms with Crippen LogP contribution in [0.25, 0.3) is 0 Å². The van der Waals surface area contributed by atoms with Gasteiger partial charge in [-0.1, -0.05) is 18.9 Å². The topological polar surface area (TPSA) is 40.5 Å². The van der Waals surface area contributed by atoms with Crippen LogP contribution in [0.2, 0.25) is 0 Å². The van der Waals surface area contributed by atoms with Crippen LogP contribution in [0.5, 0.6) is 0 Å². The van der Waals surface area contributed by atoms with Crippen LogP contribution in [0.3, 0.4) is 0 Å². The molecule has 1 N–H and O–H groups in total. The third-order valence-electron chi connectivity index (χ3n) is 4.20. The van der Waals surface area contributed by atoms with E-state index < -0.39 is 11.4 Å². The zero-order valence-electron chi connectivity index (χ0n) is 12.1. The fourth-order valence-electron chi connectivity index (χ4n) is 3.21. The monoisotopic (exact) mass is 261 g/mol. The average Bonchev–Trinajstić information content (AvgIpc) is 2.77. The number of aryl methyl sites for hydroxylation is 2. The molecule has 0 heterocycles. The quantitative estimate of drug-likeness (QED) is 0.903.